The molecule has 0 aliphatic rings. The normalized spacial score (nSPS) is 11.5. The molecule has 68 valence electrons. The summed E-state index contributed by atoms with van der Waals surface area (Å²) in [6.45, 7) is 8.81. The van der Waals surface area contributed by atoms with E-state index in [1.165, 1.54) is 5.56 Å². The summed E-state index contributed by atoms with van der Waals surface area (Å²) in [4.78, 5) is 0. The number of rotatable bonds is 3. The summed E-state index contributed by atoms with van der Waals surface area (Å²) >= 11 is 0. The average Bonchev–Trinajstić information content (AvgIpc) is 2.33. The lowest BCUT2D eigenvalue weighted by molar-refractivity contribution is 0.477. The Hall–Kier alpha value is -0.720. The molecule has 0 spiro atoms. The van der Waals surface area contributed by atoms with Gasteiger partial charge < -0.3 is 4.42 Å². The van der Waals surface area contributed by atoms with Crippen LogP contribution in [0.3, 0.4) is 0 Å². The smallest absolute Gasteiger partial charge is 0.109 e. The van der Waals surface area contributed by atoms with Crippen LogP contribution in [0.4, 0.5) is 0 Å². The van der Waals surface area contributed by atoms with Crippen LogP contribution in [0.25, 0.3) is 0 Å². The van der Waals surface area contributed by atoms with E-state index in [-0.39, 0.29) is 0 Å². The standard InChI is InChI=1S/C11H18O/c1-8(2)7-10-5-6-12-11(10)9(3)4/h5-6,8-9H,7H2,1-4H3. The molecule has 1 heteroatoms. The van der Waals surface area contributed by atoms with Gasteiger partial charge in [0, 0.05) is 5.92 Å². The lowest BCUT2D eigenvalue weighted by Gasteiger charge is -2.07. The average molecular weight is 166 g/mol. The summed E-state index contributed by atoms with van der Waals surface area (Å²) in [5.41, 5.74) is 1.38. The van der Waals surface area contributed by atoms with Gasteiger partial charge in [0.1, 0.15) is 5.76 Å². The third-order valence-corrected chi connectivity index (χ3v) is 1.93. The Labute approximate surface area is 74.8 Å². The van der Waals surface area contributed by atoms with Crippen molar-refractivity contribution in [2.45, 2.75) is 40.0 Å². The summed E-state index contributed by atoms with van der Waals surface area (Å²) in [6, 6.07) is 2.09. The van der Waals surface area contributed by atoms with E-state index in [9.17, 15) is 0 Å². The molecule has 1 nitrogen and oxygen atoms in total. The van der Waals surface area contributed by atoms with Gasteiger partial charge in [-0.25, -0.2) is 0 Å². The van der Waals surface area contributed by atoms with E-state index in [0.717, 1.165) is 12.2 Å². The van der Waals surface area contributed by atoms with E-state index >= 15 is 0 Å². The highest BCUT2D eigenvalue weighted by atomic mass is 16.3. The van der Waals surface area contributed by atoms with E-state index in [1.807, 2.05) is 0 Å². The summed E-state index contributed by atoms with van der Waals surface area (Å²) in [5, 5.41) is 0. The molecular weight excluding hydrogens is 148 g/mol. The highest BCUT2D eigenvalue weighted by molar-refractivity contribution is 5.20. The monoisotopic (exact) mass is 166 g/mol. The number of hydrogen-bond acceptors (Lipinski definition) is 1. The fourth-order valence-corrected chi connectivity index (χ4v) is 1.46. The van der Waals surface area contributed by atoms with Crippen LogP contribution in [0, 0.1) is 5.92 Å². The quantitative estimate of drug-likeness (QED) is 0.668. The van der Waals surface area contributed by atoms with Gasteiger partial charge in [-0.3, -0.25) is 0 Å². The third kappa shape index (κ3) is 2.13. The molecule has 0 atom stereocenters. The second-order valence-corrected chi connectivity index (χ2v) is 4.06. The first-order valence-electron chi connectivity index (χ1n) is 4.67. The van der Waals surface area contributed by atoms with E-state index in [0.29, 0.717) is 11.8 Å². The van der Waals surface area contributed by atoms with Gasteiger partial charge in [-0.2, -0.15) is 0 Å². The molecular formula is C11H18O. The Balaban J connectivity index is 2.77. The van der Waals surface area contributed by atoms with Crippen LogP contribution < -0.4 is 0 Å². The van der Waals surface area contributed by atoms with Crippen molar-refractivity contribution < 1.29 is 4.42 Å². The van der Waals surface area contributed by atoms with Crippen LogP contribution in [0.2, 0.25) is 0 Å². The molecule has 0 radical (unpaired) electrons. The van der Waals surface area contributed by atoms with Crippen LogP contribution in [0.15, 0.2) is 16.7 Å². The fraction of sp³-hybridized carbons (Fsp3) is 0.636. The molecule has 12 heavy (non-hydrogen) atoms. The van der Waals surface area contributed by atoms with E-state index < -0.39 is 0 Å². The van der Waals surface area contributed by atoms with Crippen molar-refractivity contribution in [3.63, 3.8) is 0 Å². The van der Waals surface area contributed by atoms with Crippen LogP contribution in [0.1, 0.15) is 44.9 Å². The van der Waals surface area contributed by atoms with Crippen LogP contribution in [-0.4, -0.2) is 0 Å². The minimum absolute atomic E-state index is 0.508. The summed E-state index contributed by atoms with van der Waals surface area (Å²) in [6.07, 6.45) is 2.93. The Morgan fingerprint density at radius 1 is 1.25 bits per heavy atom. The molecule has 1 aromatic heterocycles. The highest BCUT2D eigenvalue weighted by Crippen LogP contribution is 2.22. The SMILES string of the molecule is CC(C)Cc1ccoc1C(C)C. The maximum atomic E-state index is 5.43. The van der Waals surface area contributed by atoms with Crippen LogP contribution >= 0.6 is 0 Å². The maximum absolute atomic E-state index is 5.43. The lowest BCUT2D eigenvalue weighted by Crippen LogP contribution is -1.97. The molecule has 0 saturated carbocycles. The second kappa shape index (κ2) is 3.79. The van der Waals surface area contributed by atoms with Crippen molar-refractivity contribution in [2.24, 2.45) is 5.92 Å². The zero-order valence-electron chi connectivity index (χ0n) is 8.42. The van der Waals surface area contributed by atoms with E-state index in [1.54, 1.807) is 6.26 Å². The fourth-order valence-electron chi connectivity index (χ4n) is 1.46. The van der Waals surface area contributed by atoms with Gasteiger partial charge in [0.05, 0.1) is 6.26 Å². The van der Waals surface area contributed by atoms with Gasteiger partial charge in [0.25, 0.3) is 0 Å². The van der Waals surface area contributed by atoms with Crippen LogP contribution in [-0.2, 0) is 6.42 Å². The minimum atomic E-state index is 0.508. The Morgan fingerprint density at radius 3 is 2.42 bits per heavy atom. The van der Waals surface area contributed by atoms with Crippen molar-refractivity contribution in [1.82, 2.24) is 0 Å². The first-order chi connectivity index (χ1) is 5.61. The molecule has 1 aromatic rings. The van der Waals surface area contributed by atoms with Crippen molar-refractivity contribution >= 4 is 0 Å². The minimum Gasteiger partial charge on any atom is -0.469 e. The molecule has 1 rings (SSSR count). The molecule has 0 N–H and O–H groups in total. The molecule has 0 aromatic carbocycles. The second-order valence-electron chi connectivity index (χ2n) is 4.06. The maximum Gasteiger partial charge on any atom is 0.109 e. The largest absolute Gasteiger partial charge is 0.469 e. The zero-order chi connectivity index (χ0) is 9.14. The van der Waals surface area contributed by atoms with E-state index in [4.69, 9.17) is 4.42 Å². The Bertz CT molecular complexity index is 233. The first-order valence-corrected chi connectivity index (χ1v) is 4.67. The van der Waals surface area contributed by atoms with Gasteiger partial charge in [-0.05, 0) is 24.0 Å². The summed E-state index contributed by atoms with van der Waals surface area (Å²) in [5.74, 6) is 2.37. The van der Waals surface area contributed by atoms with Gasteiger partial charge in [-0.15, -0.1) is 0 Å². The first kappa shape index (κ1) is 9.37. The molecule has 0 aliphatic heterocycles. The van der Waals surface area contributed by atoms with Crippen molar-refractivity contribution in [3.05, 3.63) is 23.7 Å². The van der Waals surface area contributed by atoms with Crippen LogP contribution in [0.5, 0.6) is 0 Å². The third-order valence-electron chi connectivity index (χ3n) is 1.93. The molecule has 0 aliphatic carbocycles. The number of furan rings is 1. The predicted molar refractivity (Wildman–Crippen MR) is 51.3 cm³/mol. The molecule has 0 bridgehead atoms. The highest BCUT2D eigenvalue weighted by Gasteiger charge is 2.10. The van der Waals surface area contributed by atoms with Crippen molar-refractivity contribution in [2.75, 3.05) is 0 Å². The van der Waals surface area contributed by atoms with Gasteiger partial charge in [-0.1, -0.05) is 27.7 Å². The Kier molecular flexibility index (Phi) is 2.96. The van der Waals surface area contributed by atoms with Gasteiger partial charge in [0.15, 0.2) is 0 Å². The Morgan fingerprint density at radius 2 is 1.92 bits per heavy atom. The molecule has 0 amide bonds. The van der Waals surface area contributed by atoms with Crippen molar-refractivity contribution in [1.29, 1.82) is 0 Å². The van der Waals surface area contributed by atoms with Gasteiger partial charge in [0.2, 0.25) is 0 Å². The molecule has 0 fully saturated rings. The van der Waals surface area contributed by atoms with Gasteiger partial charge >= 0.3 is 0 Å². The molecule has 0 saturated heterocycles. The summed E-state index contributed by atoms with van der Waals surface area (Å²) < 4.78 is 5.43. The summed E-state index contributed by atoms with van der Waals surface area (Å²) in [7, 11) is 0. The van der Waals surface area contributed by atoms with Crippen molar-refractivity contribution in [3.8, 4) is 0 Å². The lowest BCUT2D eigenvalue weighted by atomic mass is 9.99. The predicted octanol–water partition coefficient (Wildman–Crippen LogP) is 3.60. The number of hydrogen-bond donors (Lipinski definition) is 0. The molecule has 1 heterocycles. The zero-order valence-corrected chi connectivity index (χ0v) is 8.42. The molecule has 0 unspecified atom stereocenters. The van der Waals surface area contributed by atoms with E-state index in [2.05, 4.69) is 33.8 Å². The topological polar surface area (TPSA) is 13.1 Å².